The van der Waals surface area contributed by atoms with Gasteiger partial charge in [-0.3, -0.25) is 19.9 Å². The van der Waals surface area contributed by atoms with Crippen LogP contribution < -0.4 is 25.0 Å². The minimum Gasteiger partial charge on any atom is -0.454 e. The lowest BCUT2D eigenvalue weighted by Crippen LogP contribution is -2.34. The van der Waals surface area contributed by atoms with Gasteiger partial charge in [0, 0.05) is 47.3 Å². The standard InChI is InChI=1S/C48H61Cl4N2O11P.H4NO2P/c1-26(2)54(27(3)4)66(61-21-19-55)60-20-15-13-12-14-18-53-37(56)17-16-29-22-32-42(38(52)41(29)64-45(59)47(9,10)11)62-39-28(5)40(63-44(58)46(6,7)8)36(51)25-33(39)48(32)31-24-35(50)34(49)23-30(31)43(57)65-48;1-4(2)3/h22-27,55H,12-21H2,1-11H3,(H,53,56);2-3H,1H2. The SMILES string of the molecule is Cc1c(OC(=O)C(C)(C)C)c(Cl)cc2c1Oc1c(cc(CCC(=O)NCCCCCCOP(OCCO)N(C(C)C)C(C)C)c(OC(=O)C(C)(C)C)c1Cl)C21OC(=O)c2cc(Cl)c(Cl)cc21.NP(O)O. The van der Waals surface area contributed by atoms with Crippen LogP contribution in [0.1, 0.15) is 140 Å². The van der Waals surface area contributed by atoms with Crippen molar-refractivity contribution in [2.45, 2.75) is 132 Å². The van der Waals surface area contributed by atoms with Gasteiger partial charge in [0.1, 0.15) is 10.8 Å². The molecule has 2 aliphatic heterocycles. The highest BCUT2D eigenvalue weighted by Gasteiger charge is 2.56. The number of nitrogens with two attached hydrogens (primary N) is 1. The molecule has 0 fully saturated rings. The molecule has 3 aromatic carbocycles. The summed E-state index contributed by atoms with van der Waals surface area (Å²) >= 11 is 27.3. The van der Waals surface area contributed by atoms with Gasteiger partial charge < -0.3 is 48.2 Å². The number of carbonyl (C=O) groups is 4. The van der Waals surface area contributed by atoms with Crippen LogP contribution in [-0.4, -0.2) is 81.8 Å². The lowest BCUT2D eigenvalue weighted by atomic mass is 9.76. The van der Waals surface area contributed by atoms with Crippen LogP contribution in [0.15, 0.2) is 24.3 Å². The van der Waals surface area contributed by atoms with Crippen molar-refractivity contribution in [3.8, 4) is 23.0 Å². The second-order valence-electron chi connectivity index (χ2n) is 19.3. The van der Waals surface area contributed by atoms with Crippen LogP contribution in [0.4, 0.5) is 0 Å². The molecule has 70 heavy (non-hydrogen) atoms. The minimum absolute atomic E-state index is 0.0156. The number of aliphatic hydroxyl groups excluding tert-OH is 1. The molecule has 0 radical (unpaired) electrons. The molecule has 3 aromatic rings. The van der Waals surface area contributed by atoms with Crippen molar-refractivity contribution in [1.82, 2.24) is 9.99 Å². The Labute approximate surface area is 433 Å². The van der Waals surface area contributed by atoms with E-state index in [9.17, 15) is 24.3 Å². The quantitative estimate of drug-likeness (QED) is 0.0326. The Morgan fingerprint density at radius 2 is 1.31 bits per heavy atom. The Hall–Kier alpha value is -2.92. The maximum absolute atomic E-state index is 13.9. The van der Waals surface area contributed by atoms with E-state index in [2.05, 4.69) is 43.2 Å². The molecule has 16 nitrogen and oxygen atoms in total. The molecule has 2 atom stereocenters. The van der Waals surface area contributed by atoms with E-state index < -0.39 is 51.4 Å². The highest BCUT2D eigenvalue weighted by Crippen LogP contribution is 2.62. The molecular formula is C48H65Cl4N3O13P2. The zero-order chi connectivity index (χ0) is 52.6. The summed E-state index contributed by atoms with van der Waals surface area (Å²) in [5.41, 5.74) is 2.22. The fourth-order valence-corrected chi connectivity index (χ4v) is 10.1. The van der Waals surface area contributed by atoms with E-state index in [0.717, 1.165) is 25.7 Å². The Balaban J connectivity index is 0.00000256. The summed E-state index contributed by atoms with van der Waals surface area (Å²) < 4.78 is 39.1. The molecule has 1 spiro atoms. The van der Waals surface area contributed by atoms with Crippen molar-refractivity contribution < 1.29 is 62.1 Å². The molecular weight excluding hydrogens is 1030 g/mol. The monoisotopic (exact) mass is 1090 g/mol. The van der Waals surface area contributed by atoms with Gasteiger partial charge in [-0.05, 0) is 125 Å². The summed E-state index contributed by atoms with van der Waals surface area (Å²) in [6, 6.07) is 6.52. The molecule has 2 aliphatic rings. The zero-order valence-corrected chi connectivity index (χ0v) is 46.2. The van der Waals surface area contributed by atoms with Crippen molar-refractivity contribution in [3.05, 3.63) is 77.7 Å². The minimum atomic E-state index is -2.12. The van der Waals surface area contributed by atoms with Crippen molar-refractivity contribution in [3.63, 3.8) is 0 Å². The Kier molecular flexibility index (Phi) is 21.6. The van der Waals surface area contributed by atoms with Crippen LogP contribution in [0.3, 0.4) is 0 Å². The number of hydrogen-bond donors (Lipinski definition) is 5. The van der Waals surface area contributed by atoms with Gasteiger partial charge in [-0.1, -0.05) is 59.2 Å². The van der Waals surface area contributed by atoms with E-state index in [1.165, 1.54) is 18.2 Å². The fourth-order valence-electron chi connectivity index (χ4n) is 7.53. The molecule has 2 unspecified atom stereocenters. The first-order valence-electron chi connectivity index (χ1n) is 22.8. The van der Waals surface area contributed by atoms with Gasteiger partial charge in [0.15, 0.2) is 22.8 Å². The first kappa shape index (κ1) is 59.6. The number of hydrogen-bond acceptors (Lipinski definition) is 15. The molecule has 0 bridgehead atoms. The molecule has 1 amide bonds. The van der Waals surface area contributed by atoms with Crippen molar-refractivity contribution >= 4 is 87.3 Å². The van der Waals surface area contributed by atoms with Crippen LogP contribution in [0.2, 0.25) is 20.1 Å². The van der Waals surface area contributed by atoms with Gasteiger partial charge in [0.25, 0.3) is 8.53 Å². The summed E-state index contributed by atoms with van der Waals surface area (Å²) in [6.07, 6.45) is 3.32. The number of carbonyl (C=O) groups excluding carboxylic acids is 4. The van der Waals surface area contributed by atoms with E-state index in [-0.39, 0.29) is 104 Å². The van der Waals surface area contributed by atoms with Crippen molar-refractivity contribution in [2.24, 2.45) is 16.3 Å². The van der Waals surface area contributed by atoms with Gasteiger partial charge in [0.05, 0.1) is 51.3 Å². The molecule has 0 aliphatic carbocycles. The Bertz CT molecular complexity index is 2380. The van der Waals surface area contributed by atoms with Crippen LogP contribution in [0.25, 0.3) is 0 Å². The van der Waals surface area contributed by atoms with Crippen molar-refractivity contribution in [1.29, 1.82) is 0 Å². The third-order valence-corrected chi connectivity index (χ3v) is 14.4. The Morgan fingerprint density at radius 1 is 0.786 bits per heavy atom. The highest BCUT2D eigenvalue weighted by molar-refractivity contribution is 7.44. The topological polar surface area (TPSA) is 226 Å². The molecule has 6 N–H and O–H groups in total. The predicted octanol–water partition coefficient (Wildman–Crippen LogP) is 11.2. The normalized spacial score (nSPS) is 15.6. The second kappa shape index (κ2) is 25.3. The number of rotatable bonds is 19. The van der Waals surface area contributed by atoms with E-state index >= 15 is 0 Å². The van der Waals surface area contributed by atoms with Crippen LogP contribution in [0.5, 0.6) is 23.0 Å². The summed E-state index contributed by atoms with van der Waals surface area (Å²) in [5.74, 6) is -2.05. The third kappa shape index (κ3) is 14.4. The van der Waals surface area contributed by atoms with E-state index in [4.69, 9.17) is 84.2 Å². The number of nitrogens with one attached hydrogen (secondary N) is 1. The lowest BCUT2D eigenvalue weighted by Gasteiger charge is -2.38. The summed E-state index contributed by atoms with van der Waals surface area (Å²) in [6.45, 7) is 21.3. The maximum Gasteiger partial charge on any atom is 0.340 e. The second-order valence-corrected chi connectivity index (χ2v) is 23.0. The molecule has 0 saturated heterocycles. The predicted molar refractivity (Wildman–Crippen MR) is 273 cm³/mol. The summed E-state index contributed by atoms with van der Waals surface area (Å²) in [5, 5.41) is 12.5. The average Bonchev–Trinajstić information content (AvgIpc) is 3.52. The number of esters is 3. The summed E-state index contributed by atoms with van der Waals surface area (Å²) in [7, 11) is -3.43. The number of ether oxygens (including phenoxy) is 4. The summed E-state index contributed by atoms with van der Waals surface area (Å²) in [4.78, 5) is 68.9. The number of amides is 1. The maximum atomic E-state index is 13.9. The highest BCUT2D eigenvalue weighted by atomic mass is 35.5. The molecule has 0 saturated carbocycles. The van der Waals surface area contributed by atoms with Gasteiger partial charge in [-0.15, -0.1) is 0 Å². The number of halogens is 4. The average molecular weight is 1100 g/mol. The molecule has 0 aromatic heterocycles. The van der Waals surface area contributed by atoms with Gasteiger partial charge in [0.2, 0.25) is 14.4 Å². The molecule has 22 heteroatoms. The van der Waals surface area contributed by atoms with Gasteiger partial charge >= 0.3 is 17.9 Å². The van der Waals surface area contributed by atoms with Crippen LogP contribution in [-0.2, 0) is 40.2 Å². The van der Waals surface area contributed by atoms with Crippen molar-refractivity contribution in [2.75, 3.05) is 26.4 Å². The zero-order valence-electron chi connectivity index (χ0n) is 41.4. The first-order chi connectivity index (χ1) is 32.6. The van der Waals surface area contributed by atoms with E-state index in [1.54, 1.807) is 54.5 Å². The van der Waals surface area contributed by atoms with Gasteiger partial charge in [-0.2, -0.15) is 0 Å². The number of benzene rings is 3. The number of aliphatic hydroxyl groups is 1. The number of unbranched alkanes of at least 4 members (excludes halogenated alkanes) is 3. The third-order valence-electron chi connectivity index (χ3n) is 10.9. The smallest absolute Gasteiger partial charge is 0.340 e. The fraction of sp³-hybridized carbons (Fsp3) is 0.542. The van der Waals surface area contributed by atoms with E-state index in [0.29, 0.717) is 29.8 Å². The van der Waals surface area contributed by atoms with Crippen LogP contribution in [0, 0.1) is 17.8 Å². The number of fused-ring (bicyclic) bond motifs is 6. The Morgan fingerprint density at radius 3 is 1.89 bits per heavy atom. The van der Waals surface area contributed by atoms with Gasteiger partial charge in [-0.25, -0.2) is 9.46 Å². The number of aryl methyl sites for hydroxylation is 1. The molecule has 2 heterocycles. The molecule has 388 valence electrons. The van der Waals surface area contributed by atoms with E-state index in [1.807, 2.05) is 0 Å². The first-order valence-corrected chi connectivity index (χ1v) is 26.7. The molecule has 5 rings (SSSR count). The van der Waals surface area contributed by atoms with Crippen LogP contribution >= 0.6 is 63.5 Å². The number of nitrogens with zero attached hydrogens (tertiary/aromatic N) is 1. The lowest BCUT2D eigenvalue weighted by molar-refractivity contribution is -0.143. The largest absolute Gasteiger partial charge is 0.454 e.